The van der Waals surface area contributed by atoms with Crippen LogP contribution in [-0.4, -0.2) is 21.9 Å². The SMILES string of the molecule is Cc1[nH]nc2c1[C@H](c1ccccc1OCc1cccc(Cl)c1)SCC(=O)N2. The van der Waals surface area contributed by atoms with E-state index >= 15 is 0 Å². The quantitative estimate of drug-likeness (QED) is 0.665. The van der Waals surface area contributed by atoms with Crippen molar-refractivity contribution in [2.45, 2.75) is 18.8 Å². The van der Waals surface area contributed by atoms with Crippen LogP contribution in [0.15, 0.2) is 48.5 Å². The molecule has 2 heterocycles. The predicted molar refractivity (Wildman–Crippen MR) is 108 cm³/mol. The van der Waals surface area contributed by atoms with E-state index < -0.39 is 0 Å². The number of amides is 1. The first kappa shape index (κ1) is 17.9. The lowest BCUT2D eigenvalue weighted by Crippen LogP contribution is -2.12. The molecule has 138 valence electrons. The number of carbonyl (C=O) groups is 1. The summed E-state index contributed by atoms with van der Waals surface area (Å²) in [5, 5.41) is 10.7. The topological polar surface area (TPSA) is 67.0 Å². The standard InChI is InChI=1S/C20H18ClN3O2S/c1-12-18-19(27-11-17(25)22-20(18)24-23-12)15-7-2-3-8-16(15)26-10-13-5-4-6-14(21)9-13/h2-9,19H,10-11H2,1H3,(H2,22,23,24,25)/t19-/m0/s1. The number of ether oxygens (including phenoxy) is 1. The molecule has 27 heavy (non-hydrogen) atoms. The van der Waals surface area contributed by atoms with E-state index in [0.29, 0.717) is 23.2 Å². The number of hydrogen-bond acceptors (Lipinski definition) is 4. The van der Waals surface area contributed by atoms with Gasteiger partial charge < -0.3 is 10.1 Å². The van der Waals surface area contributed by atoms with Gasteiger partial charge in [0.1, 0.15) is 12.4 Å². The van der Waals surface area contributed by atoms with Crippen LogP contribution in [0.1, 0.15) is 27.6 Å². The highest BCUT2D eigenvalue weighted by Crippen LogP contribution is 2.45. The molecule has 3 aromatic rings. The number of aromatic amines is 1. The Kier molecular flexibility index (Phi) is 5.09. The molecule has 7 heteroatoms. The molecule has 1 aliphatic rings. The van der Waals surface area contributed by atoms with Crippen molar-refractivity contribution in [2.75, 3.05) is 11.1 Å². The number of aryl methyl sites for hydroxylation is 1. The number of nitrogens with one attached hydrogen (secondary N) is 2. The lowest BCUT2D eigenvalue weighted by molar-refractivity contribution is -0.113. The van der Waals surface area contributed by atoms with Crippen molar-refractivity contribution in [3.63, 3.8) is 0 Å². The molecule has 0 radical (unpaired) electrons. The molecule has 2 aromatic carbocycles. The van der Waals surface area contributed by atoms with Gasteiger partial charge in [-0.15, -0.1) is 11.8 Å². The first-order valence-electron chi connectivity index (χ1n) is 8.54. The minimum absolute atomic E-state index is 0.0479. The summed E-state index contributed by atoms with van der Waals surface area (Å²) in [4.78, 5) is 12.0. The molecule has 5 nitrogen and oxygen atoms in total. The van der Waals surface area contributed by atoms with Crippen molar-refractivity contribution >= 4 is 35.1 Å². The summed E-state index contributed by atoms with van der Waals surface area (Å²) in [5.74, 6) is 1.70. The number of benzene rings is 2. The number of halogens is 1. The number of para-hydroxylation sites is 1. The Morgan fingerprint density at radius 2 is 2.11 bits per heavy atom. The summed E-state index contributed by atoms with van der Waals surface area (Å²) < 4.78 is 6.12. The van der Waals surface area contributed by atoms with Gasteiger partial charge in [-0.1, -0.05) is 41.9 Å². The molecule has 1 aromatic heterocycles. The van der Waals surface area contributed by atoms with E-state index in [0.717, 1.165) is 28.1 Å². The van der Waals surface area contributed by atoms with Crippen LogP contribution in [0.4, 0.5) is 5.82 Å². The molecular formula is C20H18ClN3O2S. The van der Waals surface area contributed by atoms with Crippen molar-refractivity contribution in [1.82, 2.24) is 10.2 Å². The van der Waals surface area contributed by atoms with E-state index in [4.69, 9.17) is 16.3 Å². The summed E-state index contributed by atoms with van der Waals surface area (Å²) in [5.41, 5.74) is 3.95. The Bertz CT molecular complexity index is 989. The van der Waals surface area contributed by atoms with Crippen molar-refractivity contribution in [3.8, 4) is 5.75 Å². The second-order valence-corrected chi connectivity index (χ2v) is 7.84. The lowest BCUT2D eigenvalue weighted by Gasteiger charge is -2.19. The maximum absolute atomic E-state index is 12.0. The molecule has 1 amide bonds. The second kappa shape index (κ2) is 7.66. The van der Waals surface area contributed by atoms with Crippen LogP contribution in [0, 0.1) is 6.92 Å². The molecule has 0 fully saturated rings. The van der Waals surface area contributed by atoms with Gasteiger partial charge in [-0.2, -0.15) is 5.10 Å². The molecule has 1 atom stereocenters. The van der Waals surface area contributed by atoms with Crippen molar-refractivity contribution < 1.29 is 9.53 Å². The van der Waals surface area contributed by atoms with Crippen LogP contribution in [0.25, 0.3) is 0 Å². The minimum Gasteiger partial charge on any atom is -0.489 e. The molecule has 2 N–H and O–H groups in total. The average molecular weight is 400 g/mol. The highest BCUT2D eigenvalue weighted by atomic mass is 35.5. The summed E-state index contributed by atoms with van der Waals surface area (Å²) in [6, 6.07) is 15.6. The third-order valence-electron chi connectivity index (χ3n) is 4.38. The number of hydrogen-bond donors (Lipinski definition) is 2. The zero-order valence-corrected chi connectivity index (χ0v) is 16.2. The highest BCUT2D eigenvalue weighted by Gasteiger charge is 2.29. The highest BCUT2D eigenvalue weighted by molar-refractivity contribution is 8.00. The third-order valence-corrected chi connectivity index (χ3v) is 5.87. The Morgan fingerprint density at radius 1 is 1.26 bits per heavy atom. The van der Waals surface area contributed by atoms with Gasteiger partial charge in [-0.25, -0.2) is 0 Å². The van der Waals surface area contributed by atoms with E-state index in [1.54, 1.807) is 11.8 Å². The summed E-state index contributed by atoms with van der Waals surface area (Å²) in [6.07, 6.45) is 0. The van der Waals surface area contributed by atoms with Gasteiger partial charge in [0.15, 0.2) is 5.82 Å². The Balaban J connectivity index is 1.66. The molecule has 0 aliphatic carbocycles. The normalized spacial score (nSPS) is 16.4. The van der Waals surface area contributed by atoms with Gasteiger partial charge in [0.2, 0.25) is 5.91 Å². The fraction of sp³-hybridized carbons (Fsp3) is 0.200. The first-order valence-corrected chi connectivity index (χ1v) is 9.97. The third kappa shape index (κ3) is 3.82. The van der Waals surface area contributed by atoms with Crippen LogP contribution in [0.5, 0.6) is 5.75 Å². The van der Waals surface area contributed by atoms with Crippen LogP contribution >= 0.6 is 23.4 Å². The molecule has 0 saturated carbocycles. The van der Waals surface area contributed by atoms with E-state index in [1.165, 1.54) is 0 Å². The molecule has 0 unspecified atom stereocenters. The van der Waals surface area contributed by atoms with Crippen LogP contribution in [0.3, 0.4) is 0 Å². The maximum atomic E-state index is 12.0. The van der Waals surface area contributed by atoms with Crippen molar-refractivity contribution in [3.05, 3.63) is 75.9 Å². The van der Waals surface area contributed by atoms with Gasteiger partial charge in [0, 0.05) is 21.8 Å². The summed E-state index contributed by atoms with van der Waals surface area (Å²) >= 11 is 7.64. The number of thioether (sulfide) groups is 1. The molecule has 4 rings (SSSR count). The number of nitrogens with zero attached hydrogens (tertiary/aromatic N) is 1. The smallest absolute Gasteiger partial charge is 0.235 e. The minimum atomic E-state index is -0.0485. The fourth-order valence-corrected chi connectivity index (χ4v) is 4.56. The molecule has 1 aliphatic heterocycles. The van der Waals surface area contributed by atoms with Crippen LogP contribution < -0.4 is 10.1 Å². The Labute approximate surface area is 166 Å². The van der Waals surface area contributed by atoms with Crippen molar-refractivity contribution in [1.29, 1.82) is 0 Å². The number of aromatic nitrogens is 2. The summed E-state index contributed by atoms with van der Waals surface area (Å²) in [7, 11) is 0. The molecular weight excluding hydrogens is 382 g/mol. The van der Waals surface area contributed by atoms with Gasteiger partial charge in [0.25, 0.3) is 0 Å². The number of fused-ring (bicyclic) bond motifs is 1. The Morgan fingerprint density at radius 3 is 2.96 bits per heavy atom. The number of H-pyrrole nitrogens is 1. The van der Waals surface area contributed by atoms with Gasteiger partial charge in [-0.3, -0.25) is 9.89 Å². The van der Waals surface area contributed by atoms with Gasteiger partial charge in [-0.05, 0) is 30.7 Å². The largest absolute Gasteiger partial charge is 0.489 e. The second-order valence-electron chi connectivity index (χ2n) is 6.31. The maximum Gasteiger partial charge on any atom is 0.235 e. The number of anilines is 1. The first-order chi connectivity index (χ1) is 13.1. The number of carbonyl (C=O) groups excluding carboxylic acids is 1. The van der Waals surface area contributed by atoms with E-state index in [-0.39, 0.29) is 11.2 Å². The molecule has 0 saturated heterocycles. The van der Waals surface area contributed by atoms with E-state index in [9.17, 15) is 4.79 Å². The van der Waals surface area contributed by atoms with E-state index in [1.807, 2.05) is 55.5 Å². The van der Waals surface area contributed by atoms with Crippen LogP contribution in [-0.2, 0) is 11.4 Å². The van der Waals surface area contributed by atoms with Crippen molar-refractivity contribution in [2.24, 2.45) is 0 Å². The van der Waals surface area contributed by atoms with Crippen LogP contribution in [0.2, 0.25) is 5.02 Å². The predicted octanol–water partition coefficient (Wildman–Crippen LogP) is 4.73. The lowest BCUT2D eigenvalue weighted by atomic mass is 10.0. The zero-order valence-electron chi connectivity index (χ0n) is 14.7. The Hall–Kier alpha value is -2.44. The molecule has 0 bridgehead atoms. The van der Waals surface area contributed by atoms with Gasteiger partial charge in [0.05, 0.1) is 11.0 Å². The van der Waals surface area contributed by atoms with Gasteiger partial charge >= 0.3 is 0 Å². The average Bonchev–Trinajstić information content (AvgIpc) is 2.92. The monoisotopic (exact) mass is 399 g/mol. The summed E-state index contributed by atoms with van der Waals surface area (Å²) in [6.45, 7) is 2.38. The van der Waals surface area contributed by atoms with E-state index in [2.05, 4.69) is 15.5 Å². The molecule has 0 spiro atoms. The fourth-order valence-electron chi connectivity index (χ4n) is 3.13. The number of rotatable bonds is 4. The zero-order chi connectivity index (χ0) is 18.8.